The fourth-order valence-corrected chi connectivity index (χ4v) is 2.85. The lowest BCUT2D eigenvalue weighted by Gasteiger charge is -2.30. The van der Waals surface area contributed by atoms with Crippen LogP contribution >= 0.6 is 22.6 Å². The van der Waals surface area contributed by atoms with E-state index in [-0.39, 0.29) is 28.2 Å². The second-order valence-corrected chi connectivity index (χ2v) is 5.91. The van der Waals surface area contributed by atoms with E-state index < -0.39 is 5.79 Å². The number of hydrogen-bond acceptors (Lipinski definition) is 4. The third-order valence-corrected chi connectivity index (χ3v) is 3.71. The van der Waals surface area contributed by atoms with Gasteiger partial charge in [0.1, 0.15) is 18.3 Å². The smallest absolute Gasteiger partial charge is 0.303 e. The van der Waals surface area contributed by atoms with Crippen LogP contribution in [0.4, 0.5) is 0 Å². The zero-order valence-corrected chi connectivity index (χ0v) is 11.6. The Morgan fingerprint density at radius 3 is 2.69 bits per heavy atom. The molecule has 0 N–H and O–H groups in total. The van der Waals surface area contributed by atoms with Crippen molar-refractivity contribution in [2.24, 2.45) is 0 Å². The Kier molecular flexibility index (Phi) is 3.29. The summed E-state index contributed by atoms with van der Waals surface area (Å²) in [6.07, 6.45) is 3.39. The summed E-state index contributed by atoms with van der Waals surface area (Å²) in [6, 6.07) is 0. The Morgan fingerprint density at radius 2 is 2.06 bits per heavy atom. The van der Waals surface area contributed by atoms with Crippen LogP contribution in [0.1, 0.15) is 20.8 Å². The van der Waals surface area contributed by atoms with Crippen LogP contribution in [0.5, 0.6) is 0 Å². The van der Waals surface area contributed by atoms with E-state index in [1.807, 2.05) is 26.0 Å². The van der Waals surface area contributed by atoms with Gasteiger partial charge in [0.15, 0.2) is 5.79 Å². The van der Waals surface area contributed by atoms with Gasteiger partial charge in [-0.2, -0.15) is 0 Å². The summed E-state index contributed by atoms with van der Waals surface area (Å²) in [6.45, 7) is 5.15. The van der Waals surface area contributed by atoms with Crippen LogP contribution in [-0.2, 0) is 19.0 Å². The lowest BCUT2D eigenvalue weighted by atomic mass is 9.99. The number of carbonyl (C=O) groups is 1. The molecule has 1 aliphatic carbocycles. The fourth-order valence-electron chi connectivity index (χ4n) is 2.05. The van der Waals surface area contributed by atoms with Crippen molar-refractivity contribution in [1.29, 1.82) is 0 Å². The van der Waals surface area contributed by atoms with Crippen LogP contribution in [0.3, 0.4) is 0 Å². The molecule has 1 aliphatic heterocycles. The first-order valence-electron chi connectivity index (χ1n) is 5.24. The van der Waals surface area contributed by atoms with Gasteiger partial charge < -0.3 is 14.2 Å². The number of halogens is 1. The molecule has 0 amide bonds. The second kappa shape index (κ2) is 4.27. The molecule has 2 aliphatic rings. The van der Waals surface area contributed by atoms with Gasteiger partial charge in [-0.25, -0.2) is 0 Å². The molecule has 0 aromatic heterocycles. The van der Waals surface area contributed by atoms with Crippen LogP contribution < -0.4 is 0 Å². The highest BCUT2D eigenvalue weighted by Gasteiger charge is 2.49. The van der Waals surface area contributed by atoms with Crippen molar-refractivity contribution in [1.82, 2.24) is 0 Å². The molecule has 0 aromatic carbocycles. The van der Waals surface area contributed by atoms with Crippen LogP contribution in [0, 0.1) is 0 Å². The number of fused-ring (bicyclic) bond motifs is 1. The molecule has 16 heavy (non-hydrogen) atoms. The second-order valence-electron chi connectivity index (χ2n) is 4.47. The summed E-state index contributed by atoms with van der Waals surface area (Å²) < 4.78 is 16.9. The van der Waals surface area contributed by atoms with E-state index in [1.54, 1.807) is 0 Å². The molecule has 1 fully saturated rings. The van der Waals surface area contributed by atoms with E-state index in [0.717, 1.165) is 0 Å². The van der Waals surface area contributed by atoms with E-state index in [1.165, 1.54) is 6.92 Å². The molecule has 0 spiro atoms. The Morgan fingerprint density at radius 1 is 1.38 bits per heavy atom. The topological polar surface area (TPSA) is 44.8 Å². The van der Waals surface area contributed by atoms with E-state index in [9.17, 15) is 4.79 Å². The van der Waals surface area contributed by atoms with Crippen molar-refractivity contribution in [3.05, 3.63) is 12.2 Å². The van der Waals surface area contributed by atoms with Gasteiger partial charge in [-0.05, 0) is 13.8 Å². The van der Waals surface area contributed by atoms with Crippen LogP contribution in [-0.4, -0.2) is 34.0 Å². The molecule has 4 nitrogen and oxygen atoms in total. The Balaban J connectivity index is 2.18. The van der Waals surface area contributed by atoms with Crippen molar-refractivity contribution in [2.75, 3.05) is 0 Å². The maximum Gasteiger partial charge on any atom is 0.303 e. The minimum Gasteiger partial charge on any atom is -0.458 e. The third-order valence-electron chi connectivity index (χ3n) is 2.59. The van der Waals surface area contributed by atoms with Crippen molar-refractivity contribution >= 4 is 28.6 Å². The zero-order valence-electron chi connectivity index (χ0n) is 9.48. The molecule has 90 valence electrons. The van der Waals surface area contributed by atoms with E-state index in [2.05, 4.69) is 22.6 Å². The third kappa shape index (κ3) is 2.41. The standard InChI is InChI=1S/C11H15IO4/c1-6(13)14-9-7(12)4-5-8-10(9)16-11(2,3)15-8/h4-5,7-10H,1-3H3/t7-,8-,9+,10-/m1/s1. The molecule has 5 heteroatoms. The molecule has 0 radical (unpaired) electrons. The normalized spacial score (nSPS) is 40.5. The van der Waals surface area contributed by atoms with Crippen LogP contribution in [0.25, 0.3) is 0 Å². The average Bonchev–Trinajstić information content (AvgIpc) is 2.45. The number of rotatable bonds is 1. The Hall–Kier alpha value is -0.140. The minimum absolute atomic E-state index is 0.120. The maximum atomic E-state index is 11.1. The highest BCUT2D eigenvalue weighted by atomic mass is 127. The average molecular weight is 338 g/mol. The van der Waals surface area contributed by atoms with Gasteiger partial charge >= 0.3 is 5.97 Å². The van der Waals surface area contributed by atoms with E-state index in [0.29, 0.717) is 0 Å². The molecule has 4 atom stereocenters. The zero-order chi connectivity index (χ0) is 11.9. The summed E-state index contributed by atoms with van der Waals surface area (Å²) in [5.74, 6) is -0.896. The molecule has 0 aromatic rings. The Bertz CT molecular complexity index is 326. The minimum atomic E-state index is -0.612. The number of carbonyl (C=O) groups excluding carboxylic acids is 1. The summed E-state index contributed by atoms with van der Waals surface area (Å²) in [5.41, 5.74) is 0. The van der Waals surface area contributed by atoms with Crippen molar-refractivity contribution in [3.8, 4) is 0 Å². The Labute approximate surface area is 108 Å². The van der Waals surface area contributed by atoms with Gasteiger partial charge in [0, 0.05) is 6.92 Å². The van der Waals surface area contributed by atoms with Crippen LogP contribution in [0.15, 0.2) is 12.2 Å². The maximum absolute atomic E-state index is 11.1. The predicted molar refractivity (Wildman–Crippen MR) is 66.3 cm³/mol. The molecule has 1 heterocycles. The number of alkyl halides is 1. The van der Waals surface area contributed by atoms with Crippen molar-refractivity contribution < 1.29 is 19.0 Å². The highest BCUT2D eigenvalue weighted by molar-refractivity contribution is 14.1. The van der Waals surface area contributed by atoms with Gasteiger partial charge in [-0.15, -0.1) is 0 Å². The van der Waals surface area contributed by atoms with E-state index in [4.69, 9.17) is 14.2 Å². The molecular formula is C11H15IO4. The summed E-state index contributed by atoms with van der Waals surface area (Å²) in [5, 5.41) is 0. The first kappa shape index (κ1) is 12.3. The largest absolute Gasteiger partial charge is 0.458 e. The predicted octanol–water partition coefficient (Wildman–Crippen LogP) is 1.81. The van der Waals surface area contributed by atoms with Crippen LogP contribution in [0.2, 0.25) is 0 Å². The molecular weight excluding hydrogens is 323 g/mol. The lowest BCUT2D eigenvalue weighted by molar-refractivity contribution is -0.167. The van der Waals surface area contributed by atoms with Crippen molar-refractivity contribution in [2.45, 2.75) is 48.8 Å². The summed E-state index contributed by atoms with van der Waals surface area (Å²) in [7, 11) is 0. The first-order valence-corrected chi connectivity index (χ1v) is 6.49. The van der Waals surface area contributed by atoms with Gasteiger partial charge in [-0.1, -0.05) is 34.7 Å². The lowest BCUT2D eigenvalue weighted by Crippen LogP contribution is -2.45. The number of hydrogen-bond donors (Lipinski definition) is 0. The quantitative estimate of drug-likeness (QED) is 0.317. The molecule has 1 saturated heterocycles. The molecule has 0 bridgehead atoms. The monoisotopic (exact) mass is 338 g/mol. The molecule has 0 saturated carbocycles. The van der Waals surface area contributed by atoms with Crippen molar-refractivity contribution in [3.63, 3.8) is 0 Å². The number of esters is 1. The molecule has 0 unspecified atom stereocenters. The molecule has 2 rings (SSSR count). The van der Waals surface area contributed by atoms with Gasteiger partial charge in [0.05, 0.1) is 3.92 Å². The van der Waals surface area contributed by atoms with Gasteiger partial charge in [0.2, 0.25) is 0 Å². The van der Waals surface area contributed by atoms with E-state index >= 15 is 0 Å². The van der Waals surface area contributed by atoms with Gasteiger partial charge in [-0.3, -0.25) is 4.79 Å². The first-order chi connectivity index (χ1) is 7.39. The SMILES string of the molecule is CC(=O)O[C@@H]1[C@@H]2OC(C)(C)O[C@@H]2C=C[C@H]1I. The van der Waals surface area contributed by atoms with Gasteiger partial charge in [0.25, 0.3) is 0 Å². The fraction of sp³-hybridized carbons (Fsp3) is 0.727. The number of ether oxygens (including phenoxy) is 3. The summed E-state index contributed by atoms with van der Waals surface area (Å²) >= 11 is 2.24. The highest BCUT2D eigenvalue weighted by Crippen LogP contribution is 2.37. The summed E-state index contributed by atoms with van der Waals surface area (Å²) in [4.78, 5) is 11.1.